The Balaban J connectivity index is 2.19. The van der Waals surface area contributed by atoms with Crippen molar-refractivity contribution in [3.05, 3.63) is 0 Å². The topological polar surface area (TPSA) is 67.5 Å². The lowest BCUT2D eigenvalue weighted by Gasteiger charge is -2.17. The van der Waals surface area contributed by atoms with Gasteiger partial charge in [-0.05, 0) is 19.3 Å². The largest absolute Gasteiger partial charge is 0.376 e. The van der Waals surface area contributed by atoms with Crippen LogP contribution < -0.4 is 11.1 Å². The van der Waals surface area contributed by atoms with Gasteiger partial charge in [-0.1, -0.05) is 12.3 Å². The fourth-order valence-electron chi connectivity index (χ4n) is 1.62. The molecule has 0 saturated heterocycles. The first kappa shape index (κ1) is 13.5. The molecule has 0 aromatic carbocycles. The molecule has 4 heteroatoms. The summed E-state index contributed by atoms with van der Waals surface area (Å²) in [6.45, 7) is 1.39. The summed E-state index contributed by atoms with van der Waals surface area (Å²) in [5.74, 6) is 6.20. The predicted octanol–water partition coefficient (Wildman–Crippen LogP) is 0.206. The van der Waals surface area contributed by atoms with Crippen LogP contribution in [0.15, 0.2) is 0 Å². The van der Waals surface area contributed by atoms with Gasteiger partial charge in [0.1, 0.15) is 12.3 Å². The highest BCUT2D eigenvalue weighted by molar-refractivity contribution is 5.06. The van der Waals surface area contributed by atoms with Gasteiger partial charge in [0.25, 0.3) is 0 Å². The zero-order chi connectivity index (χ0) is 11.6. The summed E-state index contributed by atoms with van der Waals surface area (Å²) in [4.78, 5) is 0. The van der Waals surface area contributed by atoms with E-state index >= 15 is 0 Å². The highest BCUT2D eigenvalue weighted by Gasteiger charge is 2.10. The Morgan fingerprint density at radius 2 is 2.31 bits per heavy atom. The van der Waals surface area contributed by atoms with Crippen LogP contribution in [0.2, 0.25) is 0 Å². The van der Waals surface area contributed by atoms with E-state index in [0.717, 1.165) is 19.3 Å². The van der Waals surface area contributed by atoms with Crippen molar-refractivity contribution in [2.24, 2.45) is 5.73 Å². The van der Waals surface area contributed by atoms with Gasteiger partial charge in [0.15, 0.2) is 0 Å². The van der Waals surface area contributed by atoms with Crippen molar-refractivity contribution >= 4 is 0 Å². The van der Waals surface area contributed by atoms with Crippen molar-refractivity contribution < 1.29 is 9.84 Å². The fraction of sp³-hybridized carbons (Fsp3) is 0.833. The van der Waals surface area contributed by atoms with Gasteiger partial charge in [0, 0.05) is 19.5 Å². The summed E-state index contributed by atoms with van der Waals surface area (Å²) < 4.78 is 5.55. The lowest BCUT2D eigenvalue weighted by molar-refractivity contribution is -0.00438. The molecule has 1 rings (SSSR count). The number of hydrogen-bond acceptors (Lipinski definition) is 4. The minimum atomic E-state index is -0.643. The third-order valence-corrected chi connectivity index (χ3v) is 2.51. The Morgan fingerprint density at radius 1 is 1.44 bits per heavy atom. The van der Waals surface area contributed by atoms with Crippen molar-refractivity contribution in [3.8, 4) is 11.8 Å². The highest BCUT2D eigenvalue weighted by atomic mass is 16.5. The normalized spacial score (nSPS) is 22.8. The van der Waals surface area contributed by atoms with E-state index in [4.69, 9.17) is 10.5 Å². The van der Waals surface area contributed by atoms with Crippen molar-refractivity contribution in [2.75, 3.05) is 19.7 Å². The molecule has 16 heavy (non-hydrogen) atoms. The van der Waals surface area contributed by atoms with Crippen LogP contribution in [0.4, 0.5) is 0 Å². The number of nitrogens with two attached hydrogens (primary N) is 1. The second-order valence-electron chi connectivity index (χ2n) is 4.00. The van der Waals surface area contributed by atoms with Gasteiger partial charge in [-0.15, -0.1) is 5.92 Å². The van der Waals surface area contributed by atoms with Crippen LogP contribution >= 0.6 is 0 Å². The zero-order valence-electron chi connectivity index (χ0n) is 9.74. The van der Waals surface area contributed by atoms with E-state index in [1.807, 2.05) is 0 Å². The average molecular weight is 226 g/mol. The molecule has 4 N–H and O–H groups in total. The minimum Gasteiger partial charge on any atom is -0.376 e. The van der Waals surface area contributed by atoms with E-state index < -0.39 is 6.23 Å². The molecular formula is C12H22N2O2. The van der Waals surface area contributed by atoms with Crippen LogP contribution in [-0.2, 0) is 4.74 Å². The first-order valence-electron chi connectivity index (χ1n) is 6.04. The predicted molar refractivity (Wildman–Crippen MR) is 63.7 cm³/mol. The van der Waals surface area contributed by atoms with Gasteiger partial charge < -0.3 is 15.6 Å². The molecule has 4 nitrogen and oxygen atoms in total. The molecule has 0 aromatic heterocycles. The number of nitrogens with one attached hydrogen (secondary N) is 1. The van der Waals surface area contributed by atoms with Gasteiger partial charge in [-0.3, -0.25) is 5.32 Å². The smallest absolute Gasteiger partial charge is 0.128 e. The van der Waals surface area contributed by atoms with Crippen molar-refractivity contribution in [3.63, 3.8) is 0 Å². The lowest BCUT2D eigenvalue weighted by Crippen LogP contribution is -2.37. The Kier molecular flexibility index (Phi) is 7.19. The van der Waals surface area contributed by atoms with Crippen LogP contribution in [0.1, 0.15) is 32.1 Å². The number of rotatable bonds is 6. The van der Waals surface area contributed by atoms with Gasteiger partial charge in [-0.2, -0.15) is 0 Å². The second-order valence-corrected chi connectivity index (χ2v) is 4.00. The zero-order valence-corrected chi connectivity index (χ0v) is 9.74. The maximum absolute atomic E-state index is 9.50. The second kappa shape index (κ2) is 8.54. The van der Waals surface area contributed by atoms with Gasteiger partial charge in [0.05, 0.1) is 6.61 Å². The molecule has 0 amide bonds. The average Bonchev–Trinajstić information content (AvgIpc) is 2.25. The summed E-state index contributed by atoms with van der Waals surface area (Å²) in [7, 11) is 0. The van der Waals surface area contributed by atoms with Gasteiger partial charge in [0.2, 0.25) is 0 Å². The van der Waals surface area contributed by atoms with Crippen molar-refractivity contribution in [1.29, 1.82) is 0 Å². The number of hydrogen-bond donors (Lipinski definition) is 3. The summed E-state index contributed by atoms with van der Waals surface area (Å²) in [6.07, 6.45) is 4.85. The third kappa shape index (κ3) is 6.09. The molecule has 1 aliphatic rings. The van der Waals surface area contributed by atoms with E-state index in [1.165, 1.54) is 12.8 Å². The molecule has 0 spiro atoms. The van der Waals surface area contributed by atoms with Crippen LogP contribution in [0, 0.1) is 11.8 Å². The molecule has 0 fully saturated rings. The Labute approximate surface area is 97.5 Å². The molecule has 0 saturated carbocycles. The molecule has 2 atom stereocenters. The van der Waals surface area contributed by atoms with Crippen molar-refractivity contribution in [1.82, 2.24) is 5.32 Å². The maximum Gasteiger partial charge on any atom is 0.128 e. The molecule has 0 heterocycles. The number of aliphatic hydroxyl groups is 1. The van der Waals surface area contributed by atoms with Crippen molar-refractivity contribution in [2.45, 2.75) is 44.4 Å². The molecule has 1 aliphatic carbocycles. The summed E-state index contributed by atoms with van der Waals surface area (Å²) >= 11 is 0. The van der Waals surface area contributed by atoms with Gasteiger partial charge >= 0.3 is 0 Å². The fourth-order valence-corrected chi connectivity index (χ4v) is 1.62. The summed E-state index contributed by atoms with van der Waals surface area (Å²) in [6, 6.07) is 0. The highest BCUT2D eigenvalue weighted by Crippen LogP contribution is 2.10. The van der Waals surface area contributed by atoms with Gasteiger partial charge in [-0.25, -0.2) is 0 Å². The van der Waals surface area contributed by atoms with E-state index in [0.29, 0.717) is 13.1 Å². The third-order valence-electron chi connectivity index (χ3n) is 2.51. The van der Waals surface area contributed by atoms with E-state index in [1.54, 1.807) is 0 Å². The first-order valence-corrected chi connectivity index (χ1v) is 6.04. The number of ether oxygens (including phenoxy) is 1. The first-order chi connectivity index (χ1) is 7.83. The minimum absolute atomic E-state index is 0.0189. The molecule has 2 unspecified atom stereocenters. The molecule has 92 valence electrons. The van der Waals surface area contributed by atoms with Crippen LogP contribution in [0.25, 0.3) is 0 Å². The summed E-state index contributed by atoms with van der Waals surface area (Å²) in [5, 5.41) is 12.4. The number of aliphatic hydroxyl groups excluding tert-OH is 1. The SMILES string of the molecule is NCCNC(O)COC1C#CCCCCC1. The molecule has 0 radical (unpaired) electrons. The van der Waals surface area contributed by atoms with Crippen LogP contribution in [0.5, 0.6) is 0 Å². The quantitative estimate of drug-likeness (QED) is 0.447. The van der Waals surface area contributed by atoms with E-state index in [9.17, 15) is 5.11 Å². The Hall–Kier alpha value is -0.600. The Bertz CT molecular complexity index is 235. The maximum atomic E-state index is 9.50. The molecular weight excluding hydrogens is 204 g/mol. The Morgan fingerprint density at radius 3 is 3.12 bits per heavy atom. The lowest BCUT2D eigenvalue weighted by atomic mass is 10.1. The molecule has 0 aromatic rings. The summed E-state index contributed by atoms with van der Waals surface area (Å²) in [5.41, 5.74) is 5.32. The molecule has 0 bridgehead atoms. The monoisotopic (exact) mass is 226 g/mol. The van der Waals surface area contributed by atoms with E-state index in [-0.39, 0.29) is 12.7 Å². The van der Waals surface area contributed by atoms with E-state index in [2.05, 4.69) is 17.2 Å². The van der Waals surface area contributed by atoms with Crippen LogP contribution in [0.3, 0.4) is 0 Å². The standard InChI is InChI=1S/C12H22N2O2/c13-8-9-14-12(15)10-16-11-6-4-2-1-3-5-7-11/h11-12,14-15H,1-4,6,8-10,13H2. The van der Waals surface area contributed by atoms with Crippen LogP contribution in [-0.4, -0.2) is 37.1 Å². The molecule has 0 aliphatic heterocycles.